The Morgan fingerprint density at radius 2 is 0.896 bits per heavy atom. The Morgan fingerprint density at radius 1 is 0.494 bits per heavy atom. The summed E-state index contributed by atoms with van der Waals surface area (Å²) in [6.45, 7) is 8.58. The molecule has 0 N–H and O–H groups in total. The van der Waals surface area contributed by atoms with Crippen LogP contribution in [-0.4, -0.2) is 73.4 Å². The number of fused-ring (bicyclic) bond motifs is 1. The van der Waals surface area contributed by atoms with E-state index in [1.54, 1.807) is 66.7 Å². The third-order valence-corrected chi connectivity index (χ3v) is 14.3. The number of unbranched alkanes of at least 4 members (excludes halogenated alkanes) is 6. The van der Waals surface area contributed by atoms with Gasteiger partial charge in [0, 0.05) is 23.9 Å². The Kier molecular flexibility index (Phi) is 22.4. The Balaban J connectivity index is 0.852. The van der Waals surface area contributed by atoms with Crippen molar-refractivity contribution < 1.29 is 66.7 Å². The van der Waals surface area contributed by atoms with E-state index in [9.17, 15) is 28.8 Å². The molecule has 77 heavy (non-hydrogen) atoms. The summed E-state index contributed by atoms with van der Waals surface area (Å²) < 4.78 is 45.9. The topological polar surface area (TPSA) is 202 Å². The average Bonchev–Trinajstić information content (AvgIpc) is 3.88. The summed E-state index contributed by atoms with van der Waals surface area (Å²) in [7, 11) is 0. The highest BCUT2D eigenvalue weighted by molar-refractivity contribution is 7.22. The number of rotatable bonds is 28. The predicted octanol–water partition coefficient (Wildman–Crippen LogP) is 12.0. The van der Waals surface area contributed by atoms with Crippen LogP contribution in [0.3, 0.4) is 0 Å². The van der Waals surface area contributed by atoms with E-state index in [1.165, 1.54) is 17.6 Å². The van der Waals surface area contributed by atoms with Gasteiger partial charge in [0.2, 0.25) is 5.13 Å². The van der Waals surface area contributed by atoms with Crippen molar-refractivity contribution in [1.82, 2.24) is 4.98 Å². The maximum atomic E-state index is 13.7. The maximum absolute atomic E-state index is 13.7. The average molecular weight is 1070 g/mol. The monoisotopic (exact) mass is 1070 g/mol. The summed E-state index contributed by atoms with van der Waals surface area (Å²) in [6.07, 6.45) is 14.4. The van der Waals surface area contributed by atoms with Crippen LogP contribution in [0.25, 0.3) is 10.2 Å². The zero-order valence-electron chi connectivity index (χ0n) is 43.3. The van der Waals surface area contributed by atoms with Crippen LogP contribution in [0.4, 0.5) is 5.13 Å². The maximum Gasteiger partial charge on any atom is 0.330 e. The third kappa shape index (κ3) is 18.5. The summed E-state index contributed by atoms with van der Waals surface area (Å²) in [6, 6.07) is 26.3. The lowest BCUT2D eigenvalue weighted by atomic mass is 9.82. The molecule has 7 rings (SSSR count). The molecule has 17 heteroatoms. The molecule has 1 aromatic heterocycles. The highest BCUT2D eigenvalue weighted by Crippen LogP contribution is 2.36. The molecule has 406 valence electrons. The Labute approximate surface area is 452 Å². The molecule has 0 unspecified atom stereocenters. The van der Waals surface area contributed by atoms with Crippen LogP contribution in [0, 0.1) is 23.7 Å². The highest BCUT2D eigenvalue weighted by Gasteiger charge is 2.34. The minimum absolute atomic E-state index is 0.229. The van der Waals surface area contributed by atoms with E-state index >= 15 is 0 Å². The number of hydrogen-bond donors (Lipinski definition) is 0. The SMILES string of the molecule is C=CC(=O)OCCCCCCOc1ccc(OC(=O)C2CCC(C(=O)Oc3ccc(OC(=O)C4CCC(C(=O)Oc5ccc(OCCCCCCOC(=O)C=C)cc5)CC4)c(C=Nc4nc5ccccc5s4)c3)CC2)cc1. The van der Waals surface area contributed by atoms with Crippen LogP contribution in [-0.2, 0) is 38.2 Å². The zero-order valence-corrected chi connectivity index (χ0v) is 44.1. The fourth-order valence-corrected chi connectivity index (χ4v) is 9.72. The lowest BCUT2D eigenvalue weighted by Crippen LogP contribution is -2.30. The van der Waals surface area contributed by atoms with E-state index in [1.807, 2.05) is 24.3 Å². The fourth-order valence-electron chi connectivity index (χ4n) is 8.91. The summed E-state index contributed by atoms with van der Waals surface area (Å²) in [5.41, 5.74) is 1.20. The van der Waals surface area contributed by atoms with Gasteiger partial charge < -0.3 is 37.9 Å². The first kappa shape index (κ1) is 57.1. The number of para-hydroxylation sites is 1. The van der Waals surface area contributed by atoms with Crippen LogP contribution in [0.2, 0.25) is 0 Å². The Bertz CT molecular complexity index is 2780. The fraction of sp³-hybridized carbons (Fsp3) is 0.400. The first-order chi connectivity index (χ1) is 37.5. The molecule has 0 spiro atoms. The second kappa shape index (κ2) is 30.2. The number of benzene rings is 4. The van der Waals surface area contributed by atoms with Crippen LogP contribution < -0.4 is 28.4 Å². The van der Waals surface area contributed by atoms with E-state index < -0.39 is 35.7 Å². The lowest BCUT2D eigenvalue weighted by Gasteiger charge is -2.26. The third-order valence-electron chi connectivity index (χ3n) is 13.3. The molecule has 2 fully saturated rings. The van der Waals surface area contributed by atoms with Crippen molar-refractivity contribution in [2.75, 3.05) is 26.4 Å². The van der Waals surface area contributed by atoms with Crippen molar-refractivity contribution in [3.05, 3.63) is 122 Å². The molecule has 2 aliphatic rings. The molecule has 5 aromatic rings. The summed E-state index contributed by atoms with van der Waals surface area (Å²) >= 11 is 1.41. The Hall–Kier alpha value is -7.66. The molecule has 0 bridgehead atoms. The van der Waals surface area contributed by atoms with Gasteiger partial charge in [-0.25, -0.2) is 19.6 Å². The van der Waals surface area contributed by atoms with Crippen molar-refractivity contribution in [1.29, 1.82) is 0 Å². The van der Waals surface area contributed by atoms with Gasteiger partial charge in [0.1, 0.15) is 34.5 Å². The van der Waals surface area contributed by atoms with Gasteiger partial charge >= 0.3 is 35.8 Å². The van der Waals surface area contributed by atoms with E-state index in [2.05, 4.69) is 23.1 Å². The van der Waals surface area contributed by atoms with Crippen LogP contribution >= 0.6 is 11.3 Å². The zero-order chi connectivity index (χ0) is 54.2. The number of thiazole rings is 1. The molecule has 16 nitrogen and oxygen atoms in total. The van der Waals surface area contributed by atoms with Crippen LogP contribution in [0.1, 0.15) is 108 Å². The number of ether oxygens (including phenoxy) is 8. The molecule has 0 atom stereocenters. The molecule has 0 radical (unpaired) electrons. The standard InChI is InChI=1S/C60H66N2O14S/c1-3-54(63)71-37-13-7-5-11-35-69-46-25-29-48(30-26-46)73-56(65)41-17-19-43(20-18-41)58(67)75-50-33-34-52(45(39-50)40-61-60-62-51-15-9-10-16-53(51)77-60)76-59(68)44-23-21-42(22-24-44)57(66)74-49-31-27-47(28-32-49)70-36-12-6-8-14-38-72-55(64)4-2/h3-4,9-10,15-16,25-34,39-44H,1-2,5-8,11-14,17-24,35-38H2. The first-order valence-corrected chi connectivity index (χ1v) is 27.3. The van der Waals surface area contributed by atoms with Crippen LogP contribution in [0.5, 0.6) is 34.5 Å². The number of aromatic nitrogens is 1. The number of carbonyl (C=O) groups is 6. The second-order valence-electron chi connectivity index (χ2n) is 18.9. The molecule has 0 amide bonds. The summed E-state index contributed by atoms with van der Waals surface area (Å²) in [5.74, 6) is -1.41. The van der Waals surface area contributed by atoms with E-state index in [4.69, 9.17) is 37.9 Å². The molecular weight excluding hydrogens is 1000 g/mol. The van der Waals surface area contributed by atoms with Gasteiger partial charge in [-0.2, -0.15) is 0 Å². The van der Waals surface area contributed by atoms with Gasteiger partial charge in [-0.1, -0.05) is 36.6 Å². The van der Waals surface area contributed by atoms with Gasteiger partial charge in [-0.3, -0.25) is 19.2 Å². The van der Waals surface area contributed by atoms with Crippen LogP contribution in [0.15, 0.2) is 121 Å². The van der Waals surface area contributed by atoms with E-state index in [0.29, 0.717) is 111 Å². The second-order valence-corrected chi connectivity index (χ2v) is 19.9. The molecule has 4 aromatic carbocycles. The molecular formula is C60H66N2O14S. The minimum Gasteiger partial charge on any atom is -0.494 e. The first-order valence-electron chi connectivity index (χ1n) is 26.5. The minimum atomic E-state index is -0.453. The van der Waals surface area contributed by atoms with Crippen molar-refractivity contribution >= 4 is 68.7 Å². The van der Waals surface area contributed by atoms with Crippen molar-refractivity contribution in [2.45, 2.75) is 103 Å². The molecule has 1 heterocycles. The molecule has 2 saturated carbocycles. The largest absolute Gasteiger partial charge is 0.494 e. The smallest absolute Gasteiger partial charge is 0.330 e. The Morgan fingerprint density at radius 3 is 1.35 bits per heavy atom. The van der Waals surface area contributed by atoms with E-state index in [-0.39, 0.29) is 35.3 Å². The number of carbonyl (C=O) groups excluding carboxylic acids is 6. The van der Waals surface area contributed by atoms with Gasteiger partial charge in [-0.05, 0) is 182 Å². The molecule has 2 aliphatic carbocycles. The van der Waals surface area contributed by atoms with Gasteiger partial charge in [0.05, 0.1) is 60.3 Å². The predicted molar refractivity (Wildman–Crippen MR) is 290 cm³/mol. The van der Waals surface area contributed by atoms with Gasteiger partial charge in [0.15, 0.2) is 0 Å². The lowest BCUT2D eigenvalue weighted by molar-refractivity contribution is -0.145. The number of nitrogens with zero attached hydrogens (tertiary/aromatic N) is 2. The van der Waals surface area contributed by atoms with Gasteiger partial charge in [-0.15, -0.1) is 0 Å². The normalized spacial score (nSPS) is 17.1. The molecule has 0 saturated heterocycles. The number of aliphatic imine (C=N–C) groups is 1. The van der Waals surface area contributed by atoms with E-state index in [0.717, 1.165) is 73.7 Å². The summed E-state index contributed by atoms with van der Waals surface area (Å²) in [5, 5.41) is 0.494. The molecule has 0 aliphatic heterocycles. The quantitative estimate of drug-likeness (QED) is 0.0150. The van der Waals surface area contributed by atoms with Crippen molar-refractivity contribution in [3.8, 4) is 34.5 Å². The summed E-state index contributed by atoms with van der Waals surface area (Å²) in [4.78, 5) is 85.0. The van der Waals surface area contributed by atoms with Crippen molar-refractivity contribution in [3.63, 3.8) is 0 Å². The number of esters is 6. The highest BCUT2D eigenvalue weighted by atomic mass is 32.1. The number of hydrogen-bond acceptors (Lipinski definition) is 17. The van der Waals surface area contributed by atoms with Gasteiger partial charge in [0.25, 0.3) is 0 Å². The van der Waals surface area contributed by atoms with Crippen molar-refractivity contribution in [2.24, 2.45) is 28.7 Å².